The van der Waals surface area contributed by atoms with Crippen molar-refractivity contribution in [3.63, 3.8) is 0 Å². The fourth-order valence-corrected chi connectivity index (χ4v) is 1.58. The van der Waals surface area contributed by atoms with Crippen molar-refractivity contribution in [3.8, 4) is 5.75 Å². The minimum absolute atomic E-state index is 0. The first-order chi connectivity index (χ1) is 8.31. The second-order valence-corrected chi connectivity index (χ2v) is 3.63. The molecule has 18 heavy (non-hydrogen) atoms. The van der Waals surface area contributed by atoms with E-state index >= 15 is 0 Å². The third kappa shape index (κ3) is 3.30. The monoisotopic (exact) mass is 270 g/mol. The van der Waals surface area contributed by atoms with E-state index in [0.717, 1.165) is 16.7 Å². The number of fused-ring (bicyclic) bond motifs is 1. The number of rotatable bonds is 5. The lowest BCUT2D eigenvalue weighted by Gasteiger charge is -2.06. The predicted octanol–water partition coefficient (Wildman–Crippen LogP) is 2.76. The first-order valence-corrected chi connectivity index (χ1v) is 5.36. The molecule has 2 aromatic rings. The van der Waals surface area contributed by atoms with E-state index in [1.54, 1.807) is 6.26 Å². The van der Waals surface area contributed by atoms with E-state index < -0.39 is 0 Å². The molecule has 2 rings (SSSR count). The predicted molar refractivity (Wildman–Crippen MR) is 71.6 cm³/mol. The molecule has 3 N–H and O–H groups in total. The van der Waals surface area contributed by atoms with Crippen molar-refractivity contribution in [1.82, 2.24) is 0 Å². The summed E-state index contributed by atoms with van der Waals surface area (Å²) in [6, 6.07) is 7.53. The van der Waals surface area contributed by atoms with E-state index in [-0.39, 0.29) is 18.2 Å². The zero-order valence-electron chi connectivity index (χ0n) is 9.70. The van der Waals surface area contributed by atoms with Crippen molar-refractivity contribution < 1.29 is 14.4 Å². The van der Waals surface area contributed by atoms with Crippen molar-refractivity contribution in [2.45, 2.75) is 12.8 Å². The number of nitrogens with zero attached hydrogens (tertiary/aromatic N) is 1. The Kier molecular flexibility index (Phi) is 5.32. The van der Waals surface area contributed by atoms with Crippen LogP contribution in [0, 0.1) is 0 Å². The van der Waals surface area contributed by atoms with Gasteiger partial charge in [-0.25, -0.2) is 0 Å². The average molecular weight is 271 g/mol. The largest absolute Gasteiger partial charge is 0.493 e. The van der Waals surface area contributed by atoms with Gasteiger partial charge in [0.25, 0.3) is 0 Å². The van der Waals surface area contributed by atoms with Crippen LogP contribution in [-0.4, -0.2) is 17.6 Å². The first kappa shape index (κ1) is 14.2. The SMILES string of the molecule is Cl.NC(CCCOc1cccc2occc12)=NO. The number of hydrogen-bond acceptors (Lipinski definition) is 4. The molecule has 0 atom stereocenters. The van der Waals surface area contributed by atoms with Crippen LogP contribution < -0.4 is 10.5 Å². The molecular weight excluding hydrogens is 256 g/mol. The molecule has 0 spiro atoms. The molecule has 0 aliphatic rings. The van der Waals surface area contributed by atoms with Crippen LogP contribution in [0.15, 0.2) is 40.1 Å². The van der Waals surface area contributed by atoms with Crippen LogP contribution in [-0.2, 0) is 0 Å². The van der Waals surface area contributed by atoms with E-state index in [1.165, 1.54) is 0 Å². The van der Waals surface area contributed by atoms with E-state index in [9.17, 15) is 0 Å². The molecule has 0 fully saturated rings. The number of hydrogen-bond donors (Lipinski definition) is 2. The molecule has 0 saturated heterocycles. The molecular formula is C12H15ClN2O3. The summed E-state index contributed by atoms with van der Waals surface area (Å²) in [5.41, 5.74) is 6.16. The molecule has 0 radical (unpaired) electrons. The molecule has 1 aromatic heterocycles. The highest BCUT2D eigenvalue weighted by molar-refractivity contribution is 5.85. The Balaban J connectivity index is 0.00000162. The van der Waals surface area contributed by atoms with Gasteiger partial charge in [-0.1, -0.05) is 11.2 Å². The Labute approximate surface area is 111 Å². The topological polar surface area (TPSA) is 81.0 Å². The summed E-state index contributed by atoms with van der Waals surface area (Å²) in [7, 11) is 0. The lowest BCUT2D eigenvalue weighted by atomic mass is 10.2. The van der Waals surface area contributed by atoms with Crippen LogP contribution in [0.3, 0.4) is 0 Å². The van der Waals surface area contributed by atoms with Crippen LogP contribution in [0.2, 0.25) is 0 Å². The summed E-state index contributed by atoms with van der Waals surface area (Å²) in [6.07, 6.45) is 2.84. The van der Waals surface area contributed by atoms with Crippen LogP contribution >= 0.6 is 12.4 Å². The highest BCUT2D eigenvalue weighted by atomic mass is 35.5. The molecule has 1 aromatic carbocycles. The van der Waals surface area contributed by atoms with Gasteiger partial charge in [0, 0.05) is 6.42 Å². The van der Waals surface area contributed by atoms with Crippen molar-refractivity contribution in [2.75, 3.05) is 6.61 Å². The van der Waals surface area contributed by atoms with Crippen LogP contribution in [0.1, 0.15) is 12.8 Å². The van der Waals surface area contributed by atoms with Crippen LogP contribution in [0.4, 0.5) is 0 Å². The Hall–Kier alpha value is -1.88. The number of oxime groups is 1. The number of benzene rings is 1. The summed E-state index contributed by atoms with van der Waals surface area (Å²) in [5.74, 6) is 1.01. The first-order valence-electron chi connectivity index (χ1n) is 5.36. The third-order valence-corrected chi connectivity index (χ3v) is 2.42. The summed E-state index contributed by atoms with van der Waals surface area (Å²) in [5, 5.41) is 12.2. The molecule has 1 heterocycles. The highest BCUT2D eigenvalue weighted by Gasteiger charge is 2.03. The molecule has 0 aliphatic carbocycles. The van der Waals surface area contributed by atoms with Gasteiger partial charge < -0.3 is 20.1 Å². The number of halogens is 1. The van der Waals surface area contributed by atoms with Crippen LogP contribution in [0.25, 0.3) is 11.0 Å². The van der Waals surface area contributed by atoms with Gasteiger partial charge in [0.2, 0.25) is 0 Å². The summed E-state index contributed by atoms with van der Waals surface area (Å²) in [4.78, 5) is 0. The highest BCUT2D eigenvalue weighted by Crippen LogP contribution is 2.26. The molecule has 0 unspecified atom stereocenters. The smallest absolute Gasteiger partial charge is 0.139 e. The zero-order valence-corrected chi connectivity index (χ0v) is 10.5. The maximum atomic E-state index is 8.37. The average Bonchev–Trinajstić information content (AvgIpc) is 2.83. The molecule has 0 bridgehead atoms. The molecule has 6 heteroatoms. The zero-order chi connectivity index (χ0) is 12.1. The van der Waals surface area contributed by atoms with Crippen molar-refractivity contribution in [1.29, 1.82) is 0 Å². The fraction of sp³-hybridized carbons (Fsp3) is 0.250. The minimum atomic E-state index is 0. The Morgan fingerprint density at radius 3 is 3.00 bits per heavy atom. The standard InChI is InChI=1S/C12H14N2O3.ClH/c13-12(14-15)5-2-7-16-10-3-1-4-11-9(10)6-8-17-11;/h1,3-4,6,8,15H,2,5,7H2,(H2,13,14);1H. The third-order valence-electron chi connectivity index (χ3n) is 2.42. The maximum Gasteiger partial charge on any atom is 0.139 e. The second kappa shape index (κ2) is 6.76. The Bertz CT molecular complexity index is 525. The molecule has 0 aliphatic heterocycles. The normalized spacial score (nSPS) is 11.2. The van der Waals surface area contributed by atoms with Gasteiger partial charge in [0.15, 0.2) is 0 Å². The Morgan fingerprint density at radius 1 is 1.39 bits per heavy atom. The van der Waals surface area contributed by atoms with Crippen LogP contribution in [0.5, 0.6) is 5.75 Å². The van der Waals surface area contributed by atoms with Gasteiger partial charge in [-0.05, 0) is 24.6 Å². The van der Waals surface area contributed by atoms with E-state index in [4.69, 9.17) is 20.1 Å². The van der Waals surface area contributed by atoms with Crippen molar-refractivity contribution >= 4 is 29.2 Å². The summed E-state index contributed by atoms with van der Waals surface area (Å²) in [6.45, 7) is 0.514. The maximum absolute atomic E-state index is 8.37. The minimum Gasteiger partial charge on any atom is -0.493 e. The summed E-state index contributed by atoms with van der Waals surface area (Å²) < 4.78 is 10.9. The number of nitrogens with two attached hydrogens (primary N) is 1. The lowest BCUT2D eigenvalue weighted by Crippen LogP contribution is -2.12. The quantitative estimate of drug-likeness (QED) is 0.288. The number of amidine groups is 1. The molecule has 0 amide bonds. The molecule has 0 saturated carbocycles. The van der Waals surface area contributed by atoms with Gasteiger partial charge in [-0.15, -0.1) is 12.4 Å². The van der Waals surface area contributed by atoms with Gasteiger partial charge in [-0.3, -0.25) is 0 Å². The molecule has 98 valence electrons. The van der Waals surface area contributed by atoms with E-state index in [2.05, 4.69) is 5.16 Å². The number of furan rings is 1. The van der Waals surface area contributed by atoms with Gasteiger partial charge in [0.05, 0.1) is 18.3 Å². The molecule has 5 nitrogen and oxygen atoms in total. The lowest BCUT2D eigenvalue weighted by molar-refractivity contribution is 0.307. The fourth-order valence-electron chi connectivity index (χ4n) is 1.58. The van der Waals surface area contributed by atoms with Gasteiger partial charge >= 0.3 is 0 Å². The van der Waals surface area contributed by atoms with Gasteiger partial charge in [-0.2, -0.15) is 0 Å². The van der Waals surface area contributed by atoms with Crippen molar-refractivity contribution in [2.24, 2.45) is 10.9 Å². The van der Waals surface area contributed by atoms with Crippen molar-refractivity contribution in [3.05, 3.63) is 30.5 Å². The van der Waals surface area contributed by atoms with E-state index in [0.29, 0.717) is 19.4 Å². The van der Waals surface area contributed by atoms with Gasteiger partial charge in [0.1, 0.15) is 17.2 Å². The number of ether oxygens (including phenoxy) is 1. The Morgan fingerprint density at radius 2 is 2.22 bits per heavy atom. The van der Waals surface area contributed by atoms with E-state index in [1.807, 2.05) is 24.3 Å². The summed E-state index contributed by atoms with van der Waals surface area (Å²) >= 11 is 0. The second-order valence-electron chi connectivity index (χ2n) is 3.63.